The summed E-state index contributed by atoms with van der Waals surface area (Å²) in [6.45, 7) is 4.54. The van der Waals surface area contributed by atoms with Crippen LogP contribution in [0.2, 0.25) is 0 Å². The van der Waals surface area contributed by atoms with Gasteiger partial charge in [0, 0.05) is 24.8 Å². The molecule has 2 atom stereocenters. The minimum Gasteiger partial charge on any atom is -0.327 e. The summed E-state index contributed by atoms with van der Waals surface area (Å²) in [5.41, 5.74) is 5.79. The first kappa shape index (κ1) is 13.5. The van der Waals surface area contributed by atoms with Crippen molar-refractivity contribution in [3.8, 4) is 0 Å². The van der Waals surface area contributed by atoms with Crippen molar-refractivity contribution < 1.29 is 9.59 Å². The Morgan fingerprint density at radius 1 is 1.50 bits per heavy atom. The van der Waals surface area contributed by atoms with Gasteiger partial charge in [-0.2, -0.15) is 0 Å². The molecule has 1 saturated heterocycles. The average molecular weight is 244 g/mol. The van der Waals surface area contributed by atoms with Crippen LogP contribution in [0, 0.1) is 0 Å². The molecule has 0 aromatic carbocycles. The third kappa shape index (κ3) is 3.22. The normalized spacial score (nSPS) is 22.9. The number of likely N-dealkylation sites (tertiary alicyclic amines) is 1. The number of hydrogen-bond donors (Lipinski definition) is 1. The van der Waals surface area contributed by atoms with Crippen molar-refractivity contribution in [1.82, 2.24) is 4.90 Å². The van der Waals surface area contributed by atoms with Crippen LogP contribution in [0.5, 0.6) is 0 Å². The van der Waals surface area contributed by atoms with Crippen molar-refractivity contribution in [2.45, 2.75) is 44.4 Å². The first-order valence-electron chi connectivity index (χ1n) is 5.81. The van der Waals surface area contributed by atoms with Gasteiger partial charge in [-0.05, 0) is 12.8 Å². The molecule has 1 fully saturated rings. The Balaban J connectivity index is 2.46. The molecule has 0 radical (unpaired) electrons. The zero-order chi connectivity index (χ0) is 12.1. The third-order valence-electron chi connectivity index (χ3n) is 2.69. The fraction of sp³-hybridized carbons (Fsp3) is 0.818. The summed E-state index contributed by atoms with van der Waals surface area (Å²) < 4.78 is 0. The second kappa shape index (κ2) is 6.25. The summed E-state index contributed by atoms with van der Waals surface area (Å²) in [5, 5.41) is -0.198. The van der Waals surface area contributed by atoms with Crippen molar-refractivity contribution in [1.29, 1.82) is 0 Å². The number of nitrogens with zero attached hydrogens (tertiary/aromatic N) is 1. The second-order valence-electron chi connectivity index (χ2n) is 4.08. The molecule has 1 aliphatic rings. The Bertz CT molecular complexity index is 271. The molecule has 0 aromatic rings. The molecule has 1 heterocycles. The molecule has 0 aromatic heterocycles. The number of amides is 2. The maximum Gasteiger partial charge on any atom is 0.242 e. The standard InChI is InChI=1S/C11H20N2O2S/c1-3-5-13-10(14)6-9(11(13)15)16-7-8(12)4-2/h8-9H,3-7,12H2,1-2H3. The fourth-order valence-corrected chi connectivity index (χ4v) is 2.84. The summed E-state index contributed by atoms with van der Waals surface area (Å²) in [7, 11) is 0. The SMILES string of the molecule is CCCN1C(=O)CC(SCC(N)CC)C1=O. The van der Waals surface area contributed by atoms with Crippen molar-refractivity contribution in [3.05, 3.63) is 0 Å². The minimum atomic E-state index is -0.198. The van der Waals surface area contributed by atoms with Gasteiger partial charge in [0.05, 0.1) is 5.25 Å². The number of carbonyl (C=O) groups excluding carboxylic acids is 2. The van der Waals surface area contributed by atoms with Gasteiger partial charge >= 0.3 is 0 Å². The highest BCUT2D eigenvalue weighted by Gasteiger charge is 2.38. The quantitative estimate of drug-likeness (QED) is 0.708. The lowest BCUT2D eigenvalue weighted by atomic mass is 10.3. The fourth-order valence-electron chi connectivity index (χ4n) is 1.60. The van der Waals surface area contributed by atoms with E-state index in [2.05, 4.69) is 0 Å². The number of nitrogens with two attached hydrogens (primary N) is 1. The smallest absolute Gasteiger partial charge is 0.242 e. The summed E-state index contributed by atoms with van der Waals surface area (Å²) in [5.74, 6) is 0.690. The number of thioether (sulfide) groups is 1. The lowest BCUT2D eigenvalue weighted by molar-refractivity contribution is -0.138. The highest BCUT2D eigenvalue weighted by molar-refractivity contribution is 8.00. The molecule has 0 saturated carbocycles. The van der Waals surface area contributed by atoms with Gasteiger partial charge in [0.1, 0.15) is 0 Å². The molecule has 1 rings (SSSR count). The Morgan fingerprint density at radius 2 is 2.19 bits per heavy atom. The predicted octanol–water partition coefficient (Wildman–Crippen LogP) is 0.994. The molecular weight excluding hydrogens is 224 g/mol. The molecule has 1 aliphatic heterocycles. The van der Waals surface area contributed by atoms with Gasteiger partial charge in [-0.1, -0.05) is 13.8 Å². The largest absolute Gasteiger partial charge is 0.327 e. The summed E-state index contributed by atoms with van der Waals surface area (Å²) in [4.78, 5) is 24.8. The molecule has 4 nitrogen and oxygen atoms in total. The molecule has 2 N–H and O–H groups in total. The van der Waals surface area contributed by atoms with Gasteiger partial charge in [0.2, 0.25) is 11.8 Å². The molecule has 0 bridgehead atoms. The number of carbonyl (C=O) groups is 2. The summed E-state index contributed by atoms with van der Waals surface area (Å²) in [6.07, 6.45) is 2.07. The number of hydrogen-bond acceptors (Lipinski definition) is 4. The van der Waals surface area contributed by atoms with Crippen LogP contribution in [0.3, 0.4) is 0 Å². The van der Waals surface area contributed by atoms with Crippen LogP contribution in [0.4, 0.5) is 0 Å². The monoisotopic (exact) mass is 244 g/mol. The maximum absolute atomic E-state index is 11.9. The highest BCUT2D eigenvalue weighted by atomic mass is 32.2. The van der Waals surface area contributed by atoms with Gasteiger partial charge in [-0.3, -0.25) is 14.5 Å². The highest BCUT2D eigenvalue weighted by Crippen LogP contribution is 2.25. The molecule has 5 heteroatoms. The van der Waals surface area contributed by atoms with Crippen LogP contribution in [0.25, 0.3) is 0 Å². The van der Waals surface area contributed by atoms with Gasteiger partial charge in [0.25, 0.3) is 0 Å². The maximum atomic E-state index is 11.9. The first-order valence-corrected chi connectivity index (χ1v) is 6.86. The Hall–Kier alpha value is -0.550. The molecule has 0 spiro atoms. The van der Waals surface area contributed by atoms with E-state index < -0.39 is 0 Å². The van der Waals surface area contributed by atoms with Crippen molar-refractivity contribution in [2.75, 3.05) is 12.3 Å². The molecular formula is C11H20N2O2S. The van der Waals surface area contributed by atoms with Gasteiger partial charge < -0.3 is 5.73 Å². The minimum absolute atomic E-state index is 0.0276. The van der Waals surface area contributed by atoms with Crippen LogP contribution in [0.1, 0.15) is 33.1 Å². The molecule has 92 valence electrons. The van der Waals surface area contributed by atoms with E-state index in [0.29, 0.717) is 13.0 Å². The lowest BCUT2D eigenvalue weighted by Gasteiger charge is -2.14. The van der Waals surface area contributed by atoms with E-state index in [1.807, 2.05) is 13.8 Å². The van der Waals surface area contributed by atoms with Crippen molar-refractivity contribution >= 4 is 23.6 Å². The van der Waals surface area contributed by atoms with Crippen molar-refractivity contribution in [2.24, 2.45) is 5.73 Å². The van der Waals surface area contributed by atoms with Crippen LogP contribution < -0.4 is 5.73 Å². The molecule has 16 heavy (non-hydrogen) atoms. The summed E-state index contributed by atoms with van der Waals surface area (Å²) >= 11 is 1.52. The van der Waals surface area contributed by atoms with Crippen LogP contribution >= 0.6 is 11.8 Å². The number of imide groups is 1. The van der Waals surface area contributed by atoms with Gasteiger partial charge in [-0.15, -0.1) is 11.8 Å². The van der Waals surface area contributed by atoms with Gasteiger partial charge in [-0.25, -0.2) is 0 Å². The lowest BCUT2D eigenvalue weighted by Crippen LogP contribution is -2.32. The van der Waals surface area contributed by atoms with E-state index in [-0.39, 0.29) is 23.1 Å². The molecule has 2 amide bonds. The summed E-state index contributed by atoms with van der Waals surface area (Å²) in [6, 6.07) is 0.119. The Kier molecular flexibility index (Phi) is 5.28. The Morgan fingerprint density at radius 3 is 2.75 bits per heavy atom. The van der Waals surface area contributed by atoms with E-state index in [0.717, 1.165) is 18.6 Å². The molecule has 2 unspecified atom stereocenters. The molecule has 0 aliphatic carbocycles. The first-order chi connectivity index (χ1) is 7.60. The second-order valence-corrected chi connectivity index (χ2v) is 5.31. The van der Waals surface area contributed by atoms with E-state index >= 15 is 0 Å². The zero-order valence-corrected chi connectivity index (χ0v) is 10.8. The topological polar surface area (TPSA) is 63.4 Å². The van der Waals surface area contributed by atoms with E-state index in [1.54, 1.807) is 0 Å². The van der Waals surface area contributed by atoms with E-state index in [9.17, 15) is 9.59 Å². The van der Waals surface area contributed by atoms with Gasteiger partial charge in [0.15, 0.2) is 0 Å². The zero-order valence-electron chi connectivity index (χ0n) is 9.94. The van der Waals surface area contributed by atoms with Crippen molar-refractivity contribution in [3.63, 3.8) is 0 Å². The van der Waals surface area contributed by atoms with Crippen LogP contribution in [0.15, 0.2) is 0 Å². The number of rotatable bonds is 6. The van der Waals surface area contributed by atoms with Crippen LogP contribution in [-0.2, 0) is 9.59 Å². The van der Waals surface area contributed by atoms with Crippen LogP contribution in [-0.4, -0.2) is 40.3 Å². The Labute approximate surface area is 101 Å². The predicted molar refractivity (Wildman–Crippen MR) is 66.1 cm³/mol. The third-order valence-corrected chi connectivity index (χ3v) is 4.08. The van der Waals surface area contributed by atoms with E-state index in [4.69, 9.17) is 5.73 Å². The van der Waals surface area contributed by atoms with E-state index in [1.165, 1.54) is 16.7 Å². The average Bonchev–Trinajstić information content (AvgIpc) is 2.54.